The van der Waals surface area contributed by atoms with Crippen LogP contribution < -0.4 is 0 Å². The molecule has 0 saturated heterocycles. The zero-order valence-electron chi connectivity index (χ0n) is 7.57. The van der Waals surface area contributed by atoms with Crippen molar-refractivity contribution in [2.75, 3.05) is 11.6 Å². The van der Waals surface area contributed by atoms with E-state index in [0.29, 0.717) is 10.0 Å². The minimum absolute atomic E-state index is 0.0504. The van der Waals surface area contributed by atoms with Gasteiger partial charge in [-0.3, -0.25) is 0 Å². The first-order valence-corrected chi connectivity index (χ1v) is 6.97. The molecule has 0 aliphatic rings. The van der Waals surface area contributed by atoms with Crippen LogP contribution in [0.4, 0.5) is 0 Å². The van der Waals surface area contributed by atoms with E-state index in [1.807, 2.05) is 6.07 Å². The van der Waals surface area contributed by atoms with Crippen LogP contribution >= 0.6 is 27.5 Å². The van der Waals surface area contributed by atoms with Gasteiger partial charge in [0.2, 0.25) is 0 Å². The SMILES string of the molecule is N#Cc1ccc(S(=O)(=O)CCCl)c(Br)c1. The summed E-state index contributed by atoms with van der Waals surface area (Å²) in [4.78, 5) is 0.169. The van der Waals surface area contributed by atoms with Crippen molar-refractivity contribution in [1.29, 1.82) is 5.26 Å². The quantitative estimate of drug-likeness (QED) is 0.805. The molecule has 1 aromatic rings. The van der Waals surface area contributed by atoms with Crippen LogP contribution in [0.1, 0.15) is 5.56 Å². The summed E-state index contributed by atoms with van der Waals surface area (Å²) in [5.74, 6) is -0.0617. The van der Waals surface area contributed by atoms with Crippen molar-refractivity contribution in [3.05, 3.63) is 28.2 Å². The number of nitriles is 1. The molecule has 0 heterocycles. The molecule has 0 unspecified atom stereocenters. The van der Waals surface area contributed by atoms with Crippen molar-refractivity contribution in [3.8, 4) is 6.07 Å². The van der Waals surface area contributed by atoms with Gasteiger partial charge in [0.15, 0.2) is 9.84 Å². The summed E-state index contributed by atoms with van der Waals surface area (Å²) in [6.07, 6.45) is 0. The summed E-state index contributed by atoms with van der Waals surface area (Å²) in [7, 11) is -3.35. The van der Waals surface area contributed by atoms with Crippen LogP contribution in [0.2, 0.25) is 0 Å². The molecule has 0 aromatic heterocycles. The lowest BCUT2D eigenvalue weighted by atomic mass is 10.2. The van der Waals surface area contributed by atoms with E-state index < -0.39 is 9.84 Å². The number of nitrogens with zero attached hydrogens (tertiary/aromatic N) is 1. The molecule has 0 amide bonds. The fourth-order valence-corrected chi connectivity index (χ4v) is 3.82. The molecule has 6 heteroatoms. The molecule has 0 spiro atoms. The zero-order valence-corrected chi connectivity index (χ0v) is 10.7. The average Bonchev–Trinajstić information content (AvgIpc) is 2.17. The molecule has 0 fully saturated rings. The van der Waals surface area contributed by atoms with E-state index in [-0.39, 0.29) is 16.5 Å². The summed E-state index contributed by atoms with van der Waals surface area (Å²) < 4.78 is 23.7. The summed E-state index contributed by atoms with van der Waals surface area (Å²) in [5.41, 5.74) is 0.409. The molecule has 0 atom stereocenters. The molecule has 0 radical (unpaired) electrons. The Hall–Kier alpha value is -0.570. The van der Waals surface area contributed by atoms with Crippen LogP contribution in [0.3, 0.4) is 0 Å². The lowest BCUT2D eigenvalue weighted by Gasteiger charge is -2.04. The molecule has 0 N–H and O–H groups in total. The third-order valence-electron chi connectivity index (χ3n) is 1.74. The maximum Gasteiger partial charge on any atom is 0.180 e. The van der Waals surface area contributed by atoms with Crippen LogP contribution in [-0.4, -0.2) is 20.1 Å². The van der Waals surface area contributed by atoms with Gasteiger partial charge in [-0.25, -0.2) is 8.42 Å². The lowest BCUT2D eigenvalue weighted by molar-refractivity contribution is 0.597. The van der Waals surface area contributed by atoms with E-state index in [1.54, 1.807) is 0 Å². The van der Waals surface area contributed by atoms with E-state index in [1.165, 1.54) is 18.2 Å². The predicted octanol–water partition coefficient (Wildman–Crippen LogP) is 2.33. The van der Waals surface area contributed by atoms with Gasteiger partial charge in [-0.15, -0.1) is 11.6 Å². The van der Waals surface area contributed by atoms with Gasteiger partial charge in [0.25, 0.3) is 0 Å². The maximum atomic E-state index is 11.7. The Bertz CT molecular complexity index is 507. The highest BCUT2D eigenvalue weighted by atomic mass is 79.9. The third-order valence-corrected chi connectivity index (χ3v) is 4.84. The summed E-state index contributed by atoms with van der Waals surface area (Å²) in [6.45, 7) is 0. The molecular formula is C9H7BrClNO2S. The molecule has 1 aromatic carbocycles. The fourth-order valence-electron chi connectivity index (χ4n) is 1.03. The van der Waals surface area contributed by atoms with Crippen LogP contribution in [0, 0.1) is 11.3 Å². The normalized spacial score (nSPS) is 11.0. The summed E-state index contributed by atoms with van der Waals surface area (Å²) >= 11 is 8.52. The molecule has 0 saturated carbocycles. The number of rotatable bonds is 3. The number of halogens is 2. The molecule has 1 rings (SSSR count). The van der Waals surface area contributed by atoms with Gasteiger partial charge in [0, 0.05) is 10.4 Å². The Kier molecular flexibility index (Phi) is 4.14. The van der Waals surface area contributed by atoms with Crippen molar-refractivity contribution in [1.82, 2.24) is 0 Å². The first kappa shape index (κ1) is 12.5. The lowest BCUT2D eigenvalue weighted by Crippen LogP contribution is -2.08. The molecule has 3 nitrogen and oxygen atoms in total. The molecule has 0 aliphatic heterocycles. The number of sulfone groups is 1. The van der Waals surface area contributed by atoms with Gasteiger partial charge in [-0.05, 0) is 34.1 Å². The second-order valence-electron chi connectivity index (χ2n) is 2.76. The summed E-state index contributed by atoms with van der Waals surface area (Å²) in [6, 6.07) is 6.27. The second kappa shape index (κ2) is 4.97. The topological polar surface area (TPSA) is 57.9 Å². The Morgan fingerprint density at radius 2 is 2.13 bits per heavy atom. The van der Waals surface area contributed by atoms with Crippen molar-refractivity contribution in [2.45, 2.75) is 4.90 Å². The Labute approximate surface area is 102 Å². The monoisotopic (exact) mass is 307 g/mol. The van der Waals surface area contributed by atoms with E-state index in [0.717, 1.165) is 0 Å². The molecule has 80 valence electrons. The van der Waals surface area contributed by atoms with E-state index >= 15 is 0 Å². The largest absolute Gasteiger partial charge is 0.224 e. The Morgan fingerprint density at radius 3 is 2.60 bits per heavy atom. The highest BCUT2D eigenvalue weighted by Crippen LogP contribution is 2.24. The van der Waals surface area contributed by atoms with Gasteiger partial charge in [-0.1, -0.05) is 0 Å². The fraction of sp³-hybridized carbons (Fsp3) is 0.222. The number of alkyl halides is 1. The van der Waals surface area contributed by atoms with Gasteiger partial charge >= 0.3 is 0 Å². The van der Waals surface area contributed by atoms with Crippen molar-refractivity contribution >= 4 is 37.4 Å². The molecule has 0 bridgehead atoms. The number of hydrogen-bond acceptors (Lipinski definition) is 3. The minimum Gasteiger partial charge on any atom is -0.224 e. The van der Waals surface area contributed by atoms with Gasteiger partial charge in [-0.2, -0.15) is 5.26 Å². The zero-order chi connectivity index (χ0) is 11.5. The van der Waals surface area contributed by atoms with Crippen LogP contribution in [0.15, 0.2) is 27.6 Å². The van der Waals surface area contributed by atoms with E-state index in [2.05, 4.69) is 15.9 Å². The van der Waals surface area contributed by atoms with Crippen molar-refractivity contribution < 1.29 is 8.42 Å². The average molecular weight is 309 g/mol. The Balaban J connectivity index is 3.24. The maximum absolute atomic E-state index is 11.7. The molecule has 0 aliphatic carbocycles. The predicted molar refractivity (Wildman–Crippen MR) is 61.6 cm³/mol. The first-order chi connectivity index (χ1) is 7.01. The Morgan fingerprint density at radius 1 is 1.47 bits per heavy atom. The number of benzene rings is 1. The highest BCUT2D eigenvalue weighted by Gasteiger charge is 2.17. The standard InChI is InChI=1S/C9H7BrClNO2S/c10-8-5-7(6-12)1-2-9(8)15(13,14)4-3-11/h1-2,5H,3-4H2. The van der Waals surface area contributed by atoms with Crippen LogP contribution in [-0.2, 0) is 9.84 Å². The van der Waals surface area contributed by atoms with Gasteiger partial charge in [0.1, 0.15) is 0 Å². The summed E-state index contributed by atoms with van der Waals surface area (Å²) in [5, 5.41) is 8.62. The van der Waals surface area contributed by atoms with Crippen molar-refractivity contribution in [2.24, 2.45) is 0 Å². The van der Waals surface area contributed by atoms with Crippen LogP contribution in [0.25, 0.3) is 0 Å². The van der Waals surface area contributed by atoms with E-state index in [9.17, 15) is 8.42 Å². The van der Waals surface area contributed by atoms with Crippen LogP contribution in [0.5, 0.6) is 0 Å². The first-order valence-electron chi connectivity index (χ1n) is 3.99. The minimum atomic E-state index is -3.35. The molecule has 15 heavy (non-hydrogen) atoms. The van der Waals surface area contributed by atoms with Crippen molar-refractivity contribution in [3.63, 3.8) is 0 Å². The molecular weight excluding hydrogens is 302 g/mol. The van der Waals surface area contributed by atoms with Gasteiger partial charge < -0.3 is 0 Å². The number of hydrogen-bond donors (Lipinski definition) is 0. The van der Waals surface area contributed by atoms with E-state index in [4.69, 9.17) is 16.9 Å². The highest BCUT2D eigenvalue weighted by molar-refractivity contribution is 9.10. The smallest absolute Gasteiger partial charge is 0.180 e. The third kappa shape index (κ3) is 2.94. The second-order valence-corrected chi connectivity index (χ2v) is 6.07. The van der Waals surface area contributed by atoms with Gasteiger partial charge in [0.05, 0.1) is 22.3 Å².